The van der Waals surface area contributed by atoms with Gasteiger partial charge in [-0.3, -0.25) is 9.10 Å². The first-order valence-electron chi connectivity index (χ1n) is 9.95. The molecule has 1 amide bonds. The van der Waals surface area contributed by atoms with Crippen LogP contribution in [0, 0.1) is 13.8 Å². The van der Waals surface area contributed by atoms with Crippen LogP contribution in [0.4, 0.5) is 11.4 Å². The van der Waals surface area contributed by atoms with E-state index >= 15 is 0 Å². The van der Waals surface area contributed by atoms with E-state index in [9.17, 15) is 18.0 Å². The molecule has 0 spiro atoms. The summed E-state index contributed by atoms with van der Waals surface area (Å²) >= 11 is 6.24. The average molecular weight is 487 g/mol. The molecule has 7 nitrogen and oxygen atoms in total. The summed E-state index contributed by atoms with van der Waals surface area (Å²) in [5.74, 6) is -1.15. The third kappa shape index (κ3) is 5.71. The maximum absolute atomic E-state index is 13.5. The van der Waals surface area contributed by atoms with Crippen LogP contribution in [0.3, 0.4) is 0 Å². The first-order chi connectivity index (χ1) is 15.6. The van der Waals surface area contributed by atoms with Crippen molar-refractivity contribution >= 4 is 44.9 Å². The number of hydrogen-bond donors (Lipinski definition) is 1. The number of benzene rings is 3. The highest BCUT2D eigenvalue weighted by atomic mass is 35.5. The van der Waals surface area contributed by atoms with Crippen LogP contribution < -0.4 is 9.62 Å². The second-order valence-electron chi connectivity index (χ2n) is 7.38. The number of aryl methyl sites for hydroxylation is 2. The molecule has 0 saturated carbocycles. The van der Waals surface area contributed by atoms with Gasteiger partial charge in [0.15, 0.2) is 0 Å². The quantitative estimate of drug-likeness (QED) is 0.493. The molecular formula is C24H23ClN2O5S. The van der Waals surface area contributed by atoms with E-state index in [1.165, 1.54) is 31.4 Å². The minimum absolute atomic E-state index is 0.0466. The van der Waals surface area contributed by atoms with Gasteiger partial charge in [0.2, 0.25) is 5.91 Å². The third-order valence-corrected chi connectivity index (χ3v) is 7.10. The van der Waals surface area contributed by atoms with E-state index in [1.807, 2.05) is 6.92 Å². The lowest BCUT2D eigenvalue weighted by Gasteiger charge is -2.24. The summed E-state index contributed by atoms with van der Waals surface area (Å²) in [5, 5.41) is 3.01. The monoisotopic (exact) mass is 486 g/mol. The van der Waals surface area contributed by atoms with Gasteiger partial charge in [0.1, 0.15) is 6.54 Å². The number of methoxy groups -OCH3 is 1. The standard InChI is InChI=1S/C24H23ClN2O5S/c1-16-7-11-21(12-8-16)33(30,31)27(20-10-9-17(2)22(25)14-20)15-23(28)26-19-6-4-5-18(13-19)24(29)32-3/h4-14H,15H2,1-3H3,(H,26,28). The molecule has 0 heterocycles. The molecule has 0 aliphatic heterocycles. The minimum atomic E-state index is -4.07. The molecule has 3 aromatic rings. The molecule has 0 bridgehead atoms. The summed E-state index contributed by atoms with van der Waals surface area (Å²) in [6.45, 7) is 3.15. The number of carbonyl (C=O) groups is 2. The summed E-state index contributed by atoms with van der Waals surface area (Å²) in [6.07, 6.45) is 0. The van der Waals surface area contributed by atoms with Gasteiger partial charge in [-0.15, -0.1) is 0 Å². The minimum Gasteiger partial charge on any atom is -0.465 e. The summed E-state index contributed by atoms with van der Waals surface area (Å²) < 4.78 is 32.6. The zero-order valence-electron chi connectivity index (χ0n) is 18.3. The van der Waals surface area contributed by atoms with Crippen molar-refractivity contribution in [2.75, 3.05) is 23.3 Å². The molecule has 0 unspecified atom stereocenters. The van der Waals surface area contributed by atoms with Crippen LogP contribution in [-0.4, -0.2) is 33.9 Å². The fourth-order valence-electron chi connectivity index (χ4n) is 3.06. The maximum atomic E-state index is 13.5. The molecule has 0 aliphatic rings. The Bertz CT molecular complexity index is 1290. The van der Waals surface area contributed by atoms with Crippen LogP contribution in [-0.2, 0) is 19.6 Å². The molecule has 0 fully saturated rings. The Morgan fingerprint density at radius 2 is 1.70 bits per heavy atom. The van der Waals surface area contributed by atoms with Crippen molar-refractivity contribution in [2.45, 2.75) is 18.7 Å². The zero-order chi connectivity index (χ0) is 24.2. The van der Waals surface area contributed by atoms with E-state index in [2.05, 4.69) is 10.1 Å². The van der Waals surface area contributed by atoms with E-state index in [0.29, 0.717) is 10.7 Å². The van der Waals surface area contributed by atoms with Gasteiger partial charge in [0.05, 0.1) is 23.3 Å². The number of ether oxygens (including phenoxy) is 1. The smallest absolute Gasteiger partial charge is 0.337 e. The summed E-state index contributed by atoms with van der Waals surface area (Å²) in [7, 11) is -2.82. The van der Waals surface area contributed by atoms with Crippen molar-refractivity contribution in [3.8, 4) is 0 Å². The highest BCUT2D eigenvalue weighted by molar-refractivity contribution is 7.92. The molecular weight excluding hydrogens is 464 g/mol. The van der Waals surface area contributed by atoms with Crippen LogP contribution in [0.15, 0.2) is 71.6 Å². The molecule has 9 heteroatoms. The Balaban J connectivity index is 1.94. The molecule has 172 valence electrons. The van der Waals surface area contributed by atoms with Crippen molar-refractivity contribution in [1.29, 1.82) is 0 Å². The van der Waals surface area contributed by atoms with E-state index < -0.39 is 28.4 Å². The van der Waals surface area contributed by atoms with Gasteiger partial charge in [0, 0.05) is 10.7 Å². The second kappa shape index (κ2) is 10.1. The maximum Gasteiger partial charge on any atom is 0.337 e. The SMILES string of the molecule is COC(=O)c1cccc(NC(=O)CN(c2ccc(C)c(Cl)c2)S(=O)(=O)c2ccc(C)cc2)c1. The summed E-state index contributed by atoms with van der Waals surface area (Å²) in [4.78, 5) is 24.7. The normalized spacial score (nSPS) is 11.0. The molecule has 0 radical (unpaired) electrons. The molecule has 0 atom stereocenters. The van der Waals surface area contributed by atoms with Gasteiger partial charge in [-0.25, -0.2) is 13.2 Å². The molecule has 1 N–H and O–H groups in total. The lowest BCUT2D eigenvalue weighted by molar-refractivity contribution is -0.114. The Morgan fingerprint density at radius 1 is 1.00 bits per heavy atom. The predicted molar refractivity (Wildman–Crippen MR) is 128 cm³/mol. The number of nitrogens with zero attached hydrogens (tertiary/aromatic N) is 1. The zero-order valence-corrected chi connectivity index (χ0v) is 19.9. The Kier molecular flexibility index (Phi) is 7.40. The molecule has 0 saturated heterocycles. The number of hydrogen-bond acceptors (Lipinski definition) is 5. The summed E-state index contributed by atoms with van der Waals surface area (Å²) in [5.41, 5.74) is 2.52. The van der Waals surface area contributed by atoms with Crippen molar-refractivity contribution in [3.05, 3.63) is 88.4 Å². The van der Waals surface area contributed by atoms with Gasteiger partial charge >= 0.3 is 5.97 Å². The lowest BCUT2D eigenvalue weighted by atomic mass is 10.2. The molecule has 3 aromatic carbocycles. The first kappa shape index (κ1) is 24.3. The van der Waals surface area contributed by atoms with E-state index in [4.69, 9.17) is 11.6 Å². The van der Waals surface area contributed by atoms with Crippen LogP contribution >= 0.6 is 11.6 Å². The Hall–Kier alpha value is -3.36. The van der Waals surface area contributed by atoms with Gasteiger partial charge in [0.25, 0.3) is 10.0 Å². The van der Waals surface area contributed by atoms with E-state index in [-0.39, 0.29) is 16.1 Å². The largest absolute Gasteiger partial charge is 0.465 e. The topological polar surface area (TPSA) is 92.8 Å². The number of carbonyl (C=O) groups excluding carboxylic acids is 2. The van der Waals surface area contributed by atoms with Crippen molar-refractivity contribution in [3.63, 3.8) is 0 Å². The number of amides is 1. The number of rotatable bonds is 7. The molecule has 0 aliphatic carbocycles. The van der Waals surface area contributed by atoms with Gasteiger partial charge in [-0.1, -0.05) is 41.4 Å². The fraction of sp³-hybridized carbons (Fsp3) is 0.167. The first-order valence-corrected chi connectivity index (χ1v) is 11.8. The van der Waals surface area contributed by atoms with Crippen molar-refractivity contribution in [2.24, 2.45) is 0 Å². The molecule has 33 heavy (non-hydrogen) atoms. The Morgan fingerprint density at radius 3 is 2.33 bits per heavy atom. The van der Waals surface area contributed by atoms with Crippen molar-refractivity contribution in [1.82, 2.24) is 0 Å². The Labute approximate surface area is 198 Å². The van der Waals surface area contributed by atoms with Crippen LogP contribution in [0.1, 0.15) is 21.5 Å². The van der Waals surface area contributed by atoms with Gasteiger partial charge < -0.3 is 10.1 Å². The lowest BCUT2D eigenvalue weighted by Crippen LogP contribution is -2.38. The summed E-state index contributed by atoms with van der Waals surface area (Å²) in [6, 6.07) is 17.3. The fourth-order valence-corrected chi connectivity index (χ4v) is 4.65. The highest BCUT2D eigenvalue weighted by Gasteiger charge is 2.27. The number of anilines is 2. The van der Waals surface area contributed by atoms with Gasteiger partial charge in [-0.2, -0.15) is 0 Å². The second-order valence-corrected chi connectivity index (χ2v) is 9.65. The number of halogens is 1. The van der Waals surface area contributed by atoms with Crippen LogP contribution in [0.25, 0.3) is 0 Å². The number of nitrogens with one attached hydrogen (secondary N) is 1. The molecule has 3 rings (SSSR count). The number of esters is 1. The van der Waals surface area contributed by atoms with Crippen LogP contribution in [0.2, 0.25) is 5.02 Å². The predicted octanol–water partition coefficient (Wildman–Crippen LogP) is 4.58. The third-order valence-electron chi connectivity index (χ3n) is 4.91. The van der Waals surface area contributed by atoms with E-state index in [0.717, 1.165) is 15.4 Å². The van der Waals surface area contributed by atoms with Crippen molar-refractivity contribution < 1.29 is 22.7 Å². The van der Waals surface area contributed by atoms with Crippen LogP contribution in [0.5, 0.6) is 0 Å². The average Bonchev–Trinajstić information content (AvgIpc) is 2.79. The van der Waals surface area contributed by atoms with Gasteiger partial charge in [-0.05, 0) is 61.9 Å². The number of sulfonamides is 1. The highest BCUT2D eigenvalue weighted by Crippen LogP contribution is 2.28. The molecule has 0 aromatic heterocycles. The van der Waals surface area contributed by atoms with E-state index in [1.54, 1.807) is 49.4 Å².